The normalized spacial score (nSPS) is 12.0. The lowest BCUT2D eigenvalue weighted by atomic mass is 10.2. The molecule has 1 aromatic carbocycles. The predicted octanol–water partition coefficient (Wildman–Crippen LogP) is 2.00. The van der Waals surface area contributed by atoms with Crippen molar-refractivity contribution in [2.75, 3.05) is 12.0 Å². The number of imidazole rings is 1. The fourth-order valence-electron chi connectivity index (χ4n) is 2.34. The fraction of sp³-hybridized carbons (Fsp3) is 0.467. The molecule has 0 bridgehead atoms. The van der Waals surface area contributed by atoms with E-state index in [2.05, 4.69) is 23.3 Å². The summed E-state index contributed by atoms with van der Waals surface area (Å²) in [4.78, 5) is 16.5. The van der Waals surface area contributed by atoms with Crippen molar-refractivity contribution in [2.45, 2.75) is 25.9 Å². The maximum Gasteiger partial charge on any atom is 0.237 e. The number of halogens is 1. The molecule has 1 heterocycles. The third kappa shape index (κ3) is 4.15. The Labute approximate surface area is 141 Å². The molecule has 0 aliphatic rings. The van der Waals surface area contributed by atoms with Crippen LogP contribution in [-0.2, 0) is 18.4 Å². The van der Waals surface area contributed by atoms with Crippen LogP contribution in [0.15, 0.2) is 18.2 Å². The van der Waals surface area contributed by atoms with Crippen molar-refractivity contribution in [3.63, 3.8) is 0 Å². The molecule has 0 saturated carbocycles. The SMILES string of the molecule is CSCCC(N)C(=O)NCc1nc2cccc(C)c2n1C.Cl. The van der Waals surface area contributed by atoms with Crippen LogP contribution >= 0.6 is 24.2 Å². The van der Waals surface area contributed by atoms with Crippen molar-refractivity contribution in [3.05, 3.63) is 29.6 Å². The Morgan fingerprint density at radius 3 is 2.86 bits per heavy atom. The number of rotatable bonds is 6. The van der Waals surface area contributed by atoms with Gasteiger partial charge < -0.3 is 15.6 Å². The summed E-state index contributed by atoms with van der Waals surface area (Å²) in [5.41, 5.74) is 9.09. The van der Waals surface area contributed by atoms with Gasteiger partial charge in [-0.15, -0.1) is 12.4 Å². The van der Waals surface area contributed by atoms with Gasteiger partial charge in [0.05, 0.1) is 23.6 Å². The number of hydrogen-bond donors (Lipinski definition) is 2. The number of carbonyl (C=O) groups excluding carboxylic acids is 1. The number of hydrogen-bond acceptors (Lipinski definition) is 4. The molecule has 1 amide bonds. The number of nitrogens with one attached hydrogen (secondary N) is 1. The van der Waals surface area contributed by atoms with E-state index < -0.39 is 6.04 Å². The van der Waals surface area contributed by atoms with Gasteiger partial charge in [-0.2, -0.15) is 11.8 Å². The van der Waals surface area contributed by atoms with Gasteiger partial charge in [0.15, 0.2) is 0 Å². The Balaban J connectivity index is 0.00000242. The van der Waals surface area contributed by atoms with Gasteiger partial charge in [-0.25, -0.2) is 4.98 Å². The molecule has 3 N–H and O–H groups in total. The van der Waals surface area contributed by atoms with Crippen LogP contribution in [0, 0.1) is 6.92 Å². The molecule has 0 spiro atoms. The van der Waals surface area contributed by atoms with E-state index in [1.165, 1.54) is 5.56 Å². The number of para-hydroxylation sites is 1. The molecule has 1 atom stereocenters. The predicted molar refractivity (Wildman–Crippen MR) is 95.5 cm³/mol. The highest BCUT2D eigenvalue weighted by molar-refractivity contribution is 7.98. The third-order valence-electron chi connectivity index (χ3n) is 3.58. The summed E-state index contributed by atoms with van der Waals surface area (Å²) in [6, 6.07) is 5.59. The van der Waals surface area contributed by atoms with E-state index in [1.54, 1.807) is 11.8 Å². The van der Waals surface area contributed by atoms with Gasteiger partial charge in [0.1, 0.15) is 5.82 Å². The lowest BCUT2D eigenvalue weighted by molar-refractivity contribution is -0.122. The molecule has 1 aromatic heterocycles. The van der Waals surface area contributed by atoms with Gasteiger partial charge in [-0.3, -0.25) is 4.79 Å². The van der Waals surface area contributed by atoms with Crippen molar-refractivity contribution in [1.82, 2.24) is 14.9 Å². The Bertz CT molecular complexity index is 644. The van der Waals surface area contributed by atoms with Crippen molar-refractivity contribution in [1.29, 1.82) is 0 Å². The van der Waals surface area contributed by atoms with E-state index in [4.69, 9.17) is 5.73 Å². The van der Waals surface area contributed by atoms with Crippen LogP contribution in [0.4, 0.5) is 0 Å². The van der Waals surface area contributed by atoms with Crippen LogP contribution in [0.2, 0.25) is 0 Å². The van der Waals surface area contributed by atoms with Crippen molar-refractivity contribution < 1.29 is 4.79 Å². The van der Waals surface area contributed by atoms with Gasteiger partial charge in [0.25, 0.3) is 0 Å². The zero-order valence-corrected chi connectivity index (χ0v) is 14.8. The molecule has 0 radical (unpaired) electrons. The topological polar surface area (TPSA) is 72.9 Å². The van der Waals surface area contributed by atoms with Crippen LogP contribution in [0.3, 0.4) is 0 Å². The number of nitrogens with two attached hydrogens (primary N) is 1. The number of fused-ring (bicyclic) bond motifs is 1. The smallest absolute Gasteiger partial charge is 0.237 e. The van der Waals surface area contributed by atoms with Crippen LogP contribution in [0.25, 0.3) is 11.0 Å². The molecule has 7 heteroatoms. The van der Waals surface area contributed by atoms with Gasteiger partial charge >= 0.3 is 0 Å². The molecule has 0 saturated heterocycles. The Kier molecular flexibility index (Phi) is 7.19. The van der Waals surface area contributed by atoms with Crippen molar-refractivity contribution in [3.8, 4) is 0 Å². The van der Waals surface area contributed by atoms with Crippen LogP contribution in [-0.4, -0.2) is 33.5 Å². The summed E-state index contributed by atoms with van der Waals surface area (Å²) in [5.74, 6) is 1.61. The molecular weight excluding hydrogens is 320 g/mol. The van der Waals surface area contributed by atoms with E-state index in [0.29, 0.717) is 13.0 Å². The van der Waals surface area contributed by atoms with Crippen molar-refractivity contribution >= 4 is 41.1 Å². The van der Waals surface area contributed by atoms with E-state index in [1.807, 2.05) is 30.0 Å². The highest BCUT2D eigenvalue weighted by Crippen LogP contribution is 2.18. The zero-order chi connectivity index (χ0) is 15.4. The number of benzene rings is 1. The standard InChI is InChI=1S/C15H22N4OS.ClH/c1-10-5-4-6-12-14(10)19(2)13(18-12)9-17-15(20)11(16)7-8-21-3;/h4-6,11H,7-9,16H2,1-3H3,(H,17,20);1H. The molecule has 22 heavy (non-hydrogen) atoms. The lowest BCUT2D eigenvalue weighted by Gasteiger charge is -2.11. The minimum absolute atomic E-state index is 0. The van der Waals surface area contributed by atoms with Gasteiger partial charge in [-0.05, 0) is 37.0 Å². The first-order valence-corrected chi connectivity index (χ1v) is 8.37. The number of carbonyl (C=O) groups is 1. The van der Waals surface area contributed by atoms with E-state index in [9.17, 15) is 4.79 Å². The molecule has 0 aliphatic carbocycles. The molecule has 0 aliphatic heterocycles. The molecule has 2 aromatic rings. The zero-order valence-electron chi connectivity index (χ0n) is 13.1. The summed E-state index contributed by atoms with van der Waals surface area (Å²) in [6.07, 6.45) is 2.70. The maximum atomic E-state index is 11.9. The summed E-state index contributed by atoms with van der Waals surface area (Å²) in [7, 11) is 1.97. The Morgan fingerprint density at radius 1 is 1.50 bits per heavy atom. The molecular formula is C15H23ClN4OS. The molecule has 5 nitrogen and oxygen atoms in total. The first-order chi connectivity index (χ1) is 10.0. The Hall–Kier alpha value is -1.24. The largest absolute Gasteiger partial charge is 0.348 e. The average molecular weight is 343 g/mol. The van der Waals surface area contributed by atoms with Gasteiger partial charge in [0.2, 0.25) is 5.91 Å². The first-order valence-electron chi connectivity index (χ1n) is 6.97. The number of nitrogens with zero attached hydrogens (tertiary/aromatic N) is 2. The van der Waals surface area contributed by atoms with E-state index in [0.717, 1.165) is 22.6 Å². The quantitative estimate of drug-likeness (QED) is 0.842. The number of thioether (sulfide) groups is 1. The maximum absolute atomic E-state index is 11.9. The average Bonchev–Trinajstić information content (AvgIpc) is 2.80. The van der Waals surface area contributed by atoms with Crippen LogP contribution in [0.5, 0.6) is 0 Å². The second-order valence-electron chi connectivity index (χ2n) is 5.14. The summed E-state index contributed by atoms with van der Waals surface area (Å²) in [5, 5.41) is 2.87. The molecule has 2 rings (SSSR count). The number of aryl methyl sites for hydroxylation is 2. The fourth-order valence-corrected chi connectivity index (χ4v) is 2.83. The van der Waals surface area contributed by atoms with Crippen molar-refractivity contribution in [2.24, 2.45) is 12.8 Å². The second-order valence-corrected chi connectivity index (χ2v) is 6.12. The highest BCUT2D eigenvalue weighted by Gasteiger charge is 2.14. The summed E-state index contributed by atoms with van der Waals surface area (Å²) >= 11 is 1.69. The van der Waals surface area contributed by atoms with Crippen LogP contribution in [0.1, 0.15) is 17.8 Å². The summed E-state index contributed by atoms with van der Waals surface area (Å²) in [6.45, 7) is 2.46. The summed E-state index contributed by atoms with van der Waals surface area (Å²) < 4.78 is 2.03. The minimum Gasteiger partial charge on any atom is -0.348 e. The minimum atomic E-state index is -0.450. The number of aromatic nitrogens is 2. The highest BCUT2D eigenvalue weighted by atomic mass is 35.5. The van der Waals surface area contributed by atoms with Gasteiger partial charge in [-0.1, -0.05) is 12.1 Å². The molecule has 0 fully saturated rings. The van der Waals surface area contributed by atoms with E-state index >= 15 is 0 Å². The number of amides is 1. The third-order valence-corrected chi connectivity index (χ3v) is 4.22. The monoisotopic (exact) mass is 342 g/mol. The lowest BCUT2D eigenvalue weighted by Crippen LogP contribution is -2.40. The van der Waals surface area contributed by atoms with Crippen LogP contribution < -0.4 is 11.1 Å². The second kappa shape index (κ2) is 8.41. The van der Waals surface area contributed by atoms with E-state index in [-0.39, 0.29) is 18.3 Å². The first kappa shape index (κ1) is 18.8. The van der Waals surface area contributed by atoms with Gasteiger partial charge in [0, 0.05) is 7.05 Å². The molecule has 1 unspecified atom stereocenters. The molecule has 122 valence electrons. The Morgan fingerprint density at radius 2 is 2.23 bits per heavy atom.